The SMILES string of the molecule is C=Cc1cc2cc([C@@H](C)O[C@H](C)c3ccc4cnc(C=C)cc4c3)ccc2cn1. The third-order valence-corrected chi connectivity index (χ3v) is 5.30. The molecule has 0 spiro atoms. The van der Waals surface area contributed by atoms with Crippen LogP contribution in [0.2, 0.25) is 0 Å². The molecule has 0 fully saturated rings. The third-order valence-electron chi connectivity index (χ3n) is 5.30. The van der Waals surface area contributed by atoms with Crippen molar-refractivity contribution in [2.24, 2.45) is 0 Å². The molecule has 29 heavy (non-hydrogen) atoms. The van der Waals surface area contributed by atoms with E-state index in [1.54, 1.807) is 12.2 Å². The van der Waals surface area contributed by atoms with Crippen LogP contribution in [-0.2, 0) is 4.74 Å². The van der Waals surface area contributed by atoms with Crippen molar-refractivity contribution in [2.45, 2.75) is 26.1 Å². The number of benzene rings is 2. The first kappa shape index (κ1) is 19.0. The molecule has 0 aliphatic rings. The number of hydrogen-bond donors (Lipinski definition) is 0. The van der Waals surface area contributed by atoms with E-state index in [2.05, 4.69) is 85.5 Å². The van der Waals surface area contributed by atoms with Crippen LogP contribution in [0.15, 0.2) is 74.1 Å². The van der Waals surface area contributed by atoms with Gasteiger partial charge in [-0.05, 0) is 72.2 Å². The fourth-order valence-corrected chi connectivity index (χ4v) is 3.55. The molecule has 0 saturated carbocycles. The zero-order valence-corrected chi connectivity index (χ0v) is 16.8. The summed E-state index contributed by atoms with van der Waals surface area (Å²) in [6.45, 7) is 11.8. The summed E-state index contributed by atoms with van der Waals surface area (Å²) in [5.41, 5.74) is 4.04. The highest BCUT2D eigenvalue weighted by Gasteiger charge is 2.14. The molecule has 2 heterocycles. The standard InChI is InChI=1S/C26H24N2O/c1-5-25-13-23-11-19(7-9-21(23)15-27-25)17(3)29-18(4)20-8-10-22-16-28-26(6-2)14-24(22)12-20/h5-18H,1-2H2,3-4H3/t17-,18-/m1/s1. The second kappa shape index (κ2) is 7.98. The zero-order chi connectivity index (χ0) is 20.4. The van der Waals surface area contributed by atoms with E-state index in [4.69, 9.17) is 4.74 Å². The van der Waals surface area contributed by atoms with Crippen LogP contribution in [0.25, 0.3) is 33.7 Å². The Balaban J connectivity index is 1.58. The van der Waals surface area contributed by atoms with E-state index in [9.17, 15) is 0 Å². The summed E-state index contributed by atoms with van der Waals surface area (Å²) in [6, 6.07) is 16.8. The number of nitrogens with zero attached hydrogens (tertiary/aromatic N) is 2. The van der Waals surface area contributed by atoms with E-state index in [0.29, 0.717) is 0 Å². The largest absolute Gasteiger partial charge is 0.366 e. The van der Waals surface area contributed by atoms with Crippen LogP contribution in [0.1, 0.15) is 48.6 Å². The van der Waals surface area contributed by atoms with Gasteiger partial charge in [-0.1, -0.05) is 37.4 Å². The van der Waals surface area contributed by atoms with E-state index < -0.39 is 0 Å². The monoisotopic (exact) mass is 380 g/mol. The van der Waals surface area contributed by atoms with Gasteiger partial charge in [-0.3, -0.25) is 9.97 Å². The Hall–Kier alpha value is -3.30. The number of hydrogen-bond acceptors (Lipinski definition) is 3. The maximum Gasteiger partial charge on any atom is 0.0805 e. The number of rotatable bonds is 6. The van der Waals surface area contributed by atoms with Crippen LogP contribution in [0.5, 0.6) is 0 Å². The highest BCUT2D eigenvalue weighted by atomic mass is 16.5. The Morgan fingerprint density at radius 1 is 0.690 bits per heavy atom. The van der Waals surface area contributed by atoms with Crippen molar-refractivity contribution in [3.63, 3.8) is 0 Å². The van der Waals surface area contributed by atoms with Crippen molar-refractivity contribution in [3.05, 3.63) is 96.6 Å². The molecule has 0 aliphatic heterocycles. The lowest BCUT2D eigenvalue weighted by atomic mass is 10.0. The fraction of sp³-hybridized carbons (Fsp3) is 0.154. The molecule has 0 N–H and O–H groups in total. The Kier molecular flexibility index (Phi) is 5.24. The van der Waals surface area contributed by atoms with Gasteiger partial charge in [0.05, 0.1) is 23.6 Å². The van der Waals surface area contributed by atoms with Gasteiger partial charge < -0.3 is 4.74 Å². The zero-order valence-electron chi connectivity index (χ0n) is 16.8. The molecule has 0 amide bonds. The third kappa shape index (κ3) is 3.96. The lowest BCUT2D eigenvalue weighted by molar-refractivity contribution is 0.00600. The van der Waals surface area contributed by atoms with Gasteiger partial charge in [0.15, 0.2) is 0 Å². The van der Waals surface area contributed by atoms with Gasteiger partial charge in [-0.2, -0.15) is 0 Å². The van der Waals surface area contributed by atoms with E-state index in [-0.39, 0.29) is 12.2 Å². The highest BCUT2D eigenvalue weighted by molar-refractivity contribution is 5.84. The molecule has 2 atom stereocenters. The average Bonchev–Trinajstić information content (AvgIpc) is 2.77. The van der Waals surface area contributed by atoms with E-state index in [1.165, 1.54) is 0 Å². The minimum atomic E-state index is -0.0355. The van der Waals surface area contributed by atoms with Crippen LogP contribution in [0.4, 0.5) is 0 Å². The minimum Gasteiger partial charge on any atom is -0.366 e. The van der Waals surface area contributed by atoms with Crippen LogP contribution < -0.4 is 0 Å². The van der Waals surface area contributed by atoms with Crippen molar-refractivity contribution >= 4 is 33.7 Å². The molecule has 4 rings (SSSR count). The number of ether oxygens (including phenoxy) is 1. The molecule has 3 heteroatoms. The minimum absolute atomic E-state index is 0.0355. The van der Waals surface area contributed by atoms with Gasteiger partial charge >= 0.3 is 0 Å². The summed E-state index contributed by atoms with van der Waals surface area (Å²) in [6.07, 6.45) is 7.22. The van der Waals surface area contributed by atoms with E-state index in [0.717, 1.165) is 44.1 Å². The molecule has 0 bridgehead atoms. The van der Waals surface area contributed by atoms with Crippen molar-refractivity contribution < 1.29 is 4.74 Å². The lowest BCUT2D eigenvalue weighted by Gasteiger charge is -2.21. The van der Waals surface area contributed by atoms with E-state index >= 15 is 0 Å². The Morgan fingerprint density at radius 3 is 1.55 bits per heavy atom. The van der Waals surface area contributed by atoms with Crippen LogP contribution in [-0.4, -0.2) is 9.97 Å². The van der Waals surface area contributed by atoms with Gasteiger partial charge in [-0.15, -0.1) is 0 Å². The smallest absolute Gasteiger partial charge is 0.0805 e. The van der Waals surface area contributed by atoms with Gasteiger partial charge in [0.25, 0.3) is 0 Å². The highest BCUT2D eigenvalue weighted by Crippen LogP contribution is 2.30. The Bertz CT molecular complexity index is 1120. The summed E-state index contributed by atoms with van der Waals surface area (Å²) in [5.74, 6) is 0. The molecule has 144 valence electrons. The predicted molar refractivity (Wildman–Crippen MR) is 122 cm³/mol. The average molecular weight is 380 g/mol. The Labute approximate surface area is 171 Å². The fourth-order valence-electron chi connectivity index (χ4n) is 3.55. The molecular weight excluding hydrogens is 356 g/mol. The van der Waals surface area contributed by atoms with Crippen molar-refractivity contribution in [1.82, 2.24) is 9.97 Å². The summed E-state index contributed by atoms with van der Waals surface area (Å²) in [7, 11) is 0. The summed E-state index contributed by atoms with van der Waals surface area (Å²) < 4.78 is 6.36. The second-order valence-electron chi connectivity index (χ2n) is 7.26. The number of fused-ring (bicyclic) bond motifs is 2. The molecular formula is C26H24N2O. The predicted octanol–water partition coefficient (Wildman–Crippen LogP) is 6.91. The first-order valence-corrected chi connectivity index (χ1v) is 9.77. The summed E-state index contributed by atoms with van der Waals surface area (Å²) in [4.78, 5) is 8.73. The van der Waals surface area contributed by atoms with Crippen molar-refractivity contribution in [3.8, 4) is 0 Å². The van der Waals surface area contributed by atoms with Gasteiger partial charge in [-0.25, -0.2) is 0 Å². The maximum atomic E-state index is 6.36. The quantitative estimate of drug-likeness (QED) is 0.364. The van der Waals surface area contributed by atoms with Crippen LogP contribution >= 0.6 is 0 Å². The molecule has 0 unspecified atom stereocenters. The second-order valence-corrected chi connectivity index (χ2v) is 7.26. The lowest BCUT2D eigenvalue weighted by Crippen LogP contribution is -2.05. The van der Waals surface area contributed by atoms with Crippen molar-refractivity contribution in [1.29, 1.82) is 0 Å². The number of aromatic nitrogens is 2. The molecule has 3 nitrogen and oxygen atoms in total. The molecule has 0 radical (unpaired) electrons. The van der Waals surface area contributed by atoms with Crippen molar-refractivity contribution in [2.75, 3.05) is 0 Å². The maximum absolute atomic E-state index is 6.36. The number of pyridine rings is 2. The molecule has 0 aliphatic carbocycles. The van der Waals surface area contributed by atoms with Gasteiger partial charge in [0, 0.05) is 23.2 Å². The Morgan fingerprint density at radius 2 is 1.14 bits per heavy atom. The van der Waals surface area contributed by atoms with Gasteiger partial charge in [0.1, 0.15) is 0 Å². The molecule has 2 aromatic heterocycles. The molecule has 2 aromatic carbocycles. The first-order valence-electron chi connectivity index (χ1n) is 9.77. The van der Waals surface area contributed by atoms with E-state index in [1.807, 2.05) is 12.4 Å². The molecule has 0 saturated heterocycles. The van der Waals surface area contributed by atoms with Crippen LogP contribution in [0.3, 0.4) is 0 Å². The molecule has 4 aromatic rings. The first-order chi connectivity index (χ1) is 14.1. The van der Waals surface area contributed by atoms with Crippen LogP contribution in [0, 0.1) is 0 Å². The topological polar surface area (TPSA) is 35.0 Å². The summed E-state index contributed by atoms with van der Waals surface area (Å²) >= 11 is 0. The van der Waals surface area contributed by atoms with Gasteiger partial charge in [0.2, 0.25) is 0 Å². The normalized spacial score (nSPS) is 13.3. The summed E-state index contributed by atoms with van der Waals surface area (Å²) in [5, 5.41) is 4.51.